The Balaban J connectivity index is 1.99. The topological polar surface area (TPSA) is 63.2 Å². The van der Waals surface area contributed by atoms with Gasteiger partial charge in [0, 0.05) is 24.7 Å². The zero-order valence-corrected chi connectivity index (χ0v) is 13.2. The van der Waals surface area contributed by atoms with Gasteiger partial charge in [0.05, 0.1) is 0 Å². The molecule has 1 saturated carbocycles. The number of Topliss-reactive ketones (excluding diaryl/α,β-unsaturated/α-hetero) is 2. The van der Waals surface area contributed by atoms with Crippen LogP contribution in [0.5, 0.6) is 0 Å². The van der Waals surface area contributed by atoms with Crippen molar-refractivity contribution in [3.63, 3.8) is 0 Å². The minimum Gasteiger partial charge on any atom is -0.362 e. The molecule has 1 N–H and O–H groups in total. The Morgan fingerprint density at radius 3 is 2.23 bits per heavy atom. The molecule has 0 bridgehead atoms. The van der Waals surface area contributed by atoms with E-state index in [4.69, 9.17) is 0 Å². The predicted octanol–water partition coefficient (Wildman–Crippen LogP) is 3.06. The molecule has 1 aliphatic carbocycles. The standard InChI is InChI=1S/C18H21NO3/c1-12-4-6-13(7-5-12)19-9-8-14(20)17-15(21)10-18(2,3)11-16(17)22/h4-9,17,19H,10-11H2,1-3H3/b9-8-. The summed E-state index contributed by atoms with van der Waals surface area (Å²) in [6, 6.07) is 7.69. The minimum absolute atomic E-state index is 0.272. The Kier molecular flexibility index (Phi) is 4.59. The smallest absolute Gasteiger partial charge is 0.175 e. The molecule has 0 radical (unpaired) electrons. The monoisotopic (exact) mass is 299 g/mol. The largest absolute Gasteiger partial charge is 0.362 e. The number of carbonyl (C=O) groups excluding carboxylic acids is 3. The Morgan fingerprint density at radius 1 is 1.14 bits per heavy atom. The summed E-state index contributed by atoms with van der Waals surface area (Å²) in [5, 5.41) is 2.96. The number of allylic oxidation sites excluding steroid dienone is 1. The summed E-state index contributed by atoms with van der Waals surface area (Å²) in [4.78, 5) is 36.2. The summed E-state index contributed by atoms with van der Waals surface area (Å²) in [6.45, 7) is 5.74. The van der Waals surface area contributed by atoms with Gasteiger partial charge in [0.2, 0.25) is 0 Å². The fourth-order valence-electron chi connectivity index (χ4n) is 2.67. The van der Waals surface area contributed by atoms with Gasteiger partial charge in [0.15, 0.2) is 17.3 Å². The second-order valence-corrected chi connectivity index (χ2v) is 6.63. The Hall–Kier alpha value is -2.23. The molecule has 0 amide bonds. The second-order valence-electron chi connectivity index (χ2n) is 6.63. The number of rotatable bonds is 4. The van der Waals surface area contributed by atoms with E-state index in [0.717, 1.165) is 11.3 Å². The first-order valence-corrected chi connectivity index (χ1v) is 7.37. The second kappa shape index (κ2) is 6.26. The highest BCUT2D eigenvalue weighted by Gasteiger charge is 2.42. The van der Waals surface area contributed by atoms with Crippen molar-refractivity contribution < 1.29 is 14.4 Å². The molecule has 1 fully saturated rings. The van der Waals surface area contributed by atoms with Crippen LogP contribution >= 0.6 is 0 Å². The molecular formula is C18H21NO3. The Labute approximate surface area is 130 Å². The molecule has 4 nitrogen and oxygen atoms in total. The van der Waals surface area contributed by atoms with E-state index in [1.54, 1.807) is 0 Å². The fraction of sp³-hybridized carbons (Fsp3) is 0.389. The van der Waals surface area contributed by atoms with Crippen LogP contribution < -0.4 is 5.32 Å². The van der Waals surface area contributed by atoms with Gasteiger partial charge in [-0.05, 0) is 30.5 Å². The van der Waals surface area contributed by atoms with Gasteiger partial charge in [-0.1, -0.05) is 31.5 Å². The van der Waals surface area contributed by atoms with Crippen molar-refractivity contribution in [1.29, 1.82) is 0 Å². The van der Waals surface area contributed by atoms with Gasteiger partial charge >= 0.3 is 0 Å². The number of aryl methyl sites for hydroxylation is 1. The van der Waals surface area contributed by atoms with E-state index in [2.05, 4.69) is 5.32 Å². The van der Waals surface area contributed by atoms with Crippen LogP contribution in [0.15, 0.2) is 36.5 Å². The molecule has 22 heavy (non-hydrogen) atoms. The van der Waals surface area contributed by atoms with E-state index in [1.807, 2.05) is 45.0 Å². The molecule has 1 aliphatic rings. The number of benzene rings is 1. The molecule has 1 aromatic rings. The lowest BCUT2D eigenvalue weighted by molar-refractivity contribution is -0.143. The summed E-state index contributed by atoms with van der Waals surface area (Å²) in [6.07, 6.45) is 3.30. The summed E-state index contributed by atoms with van der Waals surface area (Å²) >= 11 is 0. The van der Waals surface area contributed by atoms with Gasteiger partial charge in [-0.3, -0.25) is 14.4 Å². The van der Waals surface area contributed by atoms with E-state index in [0.29, 0.717) is 0 Å². The van der Waals surface area contributed by atoms with E-state index >= 15 is 0 Å². The number of carbonyl (C=O) groups is 3. The van der Waals surface area contributed by atoms with Crippen LogP contribution in [-0.4, -0.2) is 17.3 Å². The third kappa shape index (κ3) is 3.91. The van der Waals surface area contributed by atoms with Gasteiger partial charge < -0.3 is 5.32 Å². The minimum atomic E-state index is -1.12. The molecule has 0 atom stereocenters. The highest BCUT2D eigenvalue weighted by Crippen LogP contribution is 2.34. The van der Waals surface area contributed by atoms with Gasteiger partial charge in [-0.25, -0.2) is 0 Å². The van der Waals surface area contributed by atoms with Crippen molar-refractivity contribution in [2.45, 2.75) is 33.6 Å². The molecule has 116 valence electrons. The first kappa shape index (κ1) is 16.1. The van der Waals surface area contributed by atoms with Gasteiger partial charge in [0.25, 0.3) is 0 Å². The number of nitrogens with one attached hydrogen (secondary N) is 1. The zero-order chi connectivity index (χ0) is 16.3. The molecule has 0 aromatic heterocycles. The predicted molar refractivity (Wildman–Crippen MR) is 85.5 cm³/mol. The normalized spacial score (nSPS) is 18.7. The third-order valence-electron chi connectivity index (χ3n) is 3.78. The number of ketones is 3. The SMILES string of the molecule is Cc1ccc(N/C=C\C(=O)C2C(=O)CC(C)(C)CC2=O)cc1. The van der Waals surface area contributed by atoms with Crippen LogP contribution in [0, 0.1) is 18.3 Å². The van der Waals surface area contributed by atoms with E-state index in [-0.39, 0.29) is 29.8 Å². The first-order chi connectivity index (χ1) is 10.3. The highest BCUT2D eigenvalue weighted by molar-refractivity contribution is 6.23. The molecule has 4 heteroatoms. The van der Waals surface area contributed by atoms with Crippen LogP contribution in [0.25, 0.3) is 0 Å². The molecule has 2 rings (SSSR count). The van der Waals surface area contributed by atoms with Gasteiger partial charge in [0.1, 0.15) is 5.92 Å². The average Bonchev–Trinajstić information content (AvgIpc) is 2.38. The zero-order valence-electron chi connectivity index (χ0n) is 13.2. The van der Waals surface area contributed by atoms with Crippen LogP contribution in [0.4, 0.5) is 5.69 Å². The van der Waals surface area contributed by atoms with Crippen molar-refractivity contribution in [2.24, 2.45) is 11.3 Å². The maximum absolute atomic E-state index is 12.1. The molecule has 0 spiro atoms. The average molecular weight is 299 g/mol. The highest BCUT2D eigenvalue weighted by atomic mass is 16.2. The summed E-state index contributed by atoms with van der Waals surface area (Å²) in [7, 11) is 0. The molecule has 1 aromatic carbocycles. The van der Waals surface area contributed by atoms with Crippen molar-refractivity contribution >= 4 is 23.0 Å². The van der Waals surface area contributed by atoms with Gasteiger partial charge in [-0.2, -0.15) is 0 Å². The molecular weight excluding hydrogens is 278 g/mol. The lowest BCUT2D eigenvalue weighted by Gasteiger charge is -2.30. The van der Waals surface area contributed by atoms with Crippen molar-refractivity contribution in [1.82, 2.24) is 0 Å². The number of anilines is 1. The van der Waals surface area contributed by atoms with Gasteiger partial charge in [-0.15, -0.1) is 0 Å². The molecule has 0 heterocycles. The van der Waals surface area contributed by atoms with Crippen molar-refractivity contribution in [3.05, 3.63) is 42.1 Å². The van der Waals surface area contributed by atoms with E-state index in [9.17, 15) is 14.4 Å². The van der Waals surface area contributed by atoms with Crippen LogP contribution in [0.2, 0.25) is 0 Å². The lowest BCUT2D eigenvalue weighted by atomic mass is 9.70. The first-order valence-electron chi connectivity index (χ1n) is 7.37. The molecule has 0 aliphatic heterocycles. The van der Waals surface area contributed by atoms with Crippen molar-refractivity contribution in [3.8, 4) is 0 Å². The third-order valence-corrected chi connectivity index (χ3v) is 3.78. The molecule has 0 unspecified atom stereocenters. The summed E-state index contributed by atoms with van der Waals surface area (Å²) in [5.74, 6) is -2.10. The summed E-state index contributed by atoms with van der Waals surface area (Å²) < 4.78 is 0. The maximum atomic E-state index is 12.1. The van der Waals surface area contributed by atoms with Crippen LogP contribution in [0.1, 0.15) is 32.3 Å². The number of hydrogen-bond acceptors (Lipinski definition) is 4. The maximum Gasteiger partial charge on any atom is 0.175 e. The Bertz CT molecular complexity index is 606. The van der Waals surface area contributed by atoms with Crippen molar-refractivity contribution in [2.75, 3.05) is 5.32 Å². The Morgan fingerprint density at radius 2 is 1.68 bits per heavy atom. The number of hydrogen-bond donors (Lipinski definition) is 1. The van der Waals surface area contributed by atoms with E-state index in [1.165, 1.54) is 12.3 Å². The molecule has 0 saturated heterocycles. The summed E-state index contributed by atoms with van der Waals surface area (Å²) in [5.41, 5.74) is 1.65. The van der Waals surface area contributed by atoms with E-state index < -0.39 is 11.7 Å². The quantitative estimate of drug-likeness (QED) is 0.685. The lowest BCUT2D eigenvalue weighted by Crippen LogP contribution is -2.41. The van der Waals surface area contributed by atoms with Crippen LogP contribution in [-0.2, 0) is 14.4 Å². The fourth-order valence-corrected chi connectivity index (χ4v) is 2.67. The van der Waals surface area contributed by atoms with Crippen LogP contribution in [0.3, 0.4) is 0 Å².